The highest BCUT2D eigenvalue weighted by molar-refractivity contribution is 5.85. The molecule has 1 aliphatic rings. The fraction of sp³-hybridized carbons (Fsp3) is 0.467. The van der Waals surface area contributed by atoms with E-state index in [0.717, 1.165) is 19.5 Å². The molecule has 0 amide bonds. The van der Waals surface area contributed by atoms with Gasteiger partial charge in [-0.15, -0.1) is 12.4 Å². The van der Waals surface area contributed by atoms with Crippen LogP contribution in [-0.4, -0.2) is 21.6 Å². The van der Waals surface area contributed by atoms with E-state index >= 15 is 0 Å². The molecule has 6 heteroatoms. The number of benzene rings is 1. The zero-order valence-electron chi connectivity index (χ0n) is 12.4. The first-order chi connectivity index (χ1) is 9.52. The number of aromatic nitrogens is 2. The van der Waals surface area contributed by atoms with Gasteiger partial charge in [-0.25, -0.2) is 0 Å². The van der Waals surface area contributed by atoms with Crippen molar-refractivity contribution in [1.82, 2.24) is 15.0 Å². The molecule has 0 saturated carbocycles. The normalized spacial score (nSPS) is 15.4. The second-order valence-corrected chi connectivity index (χ2v) is 5.96. The first-order valence-corrected chi connectivity index (χ1v) is 6.93. The van der Waals surface area contributed by atoms with E-state index in [1.807, 2.05) is 13.8 Å². The predicted octanol–water partition coefficient (Wildman–Crippen LogP) is 2.24. The second kappa shape index (κ2) is 6.13. The Balaban J connectivity index is 0.00000161. The van der Waals surface area contributed by atoms with Crippen LogP contribution in [0.1, 0.15) is 36.7 Å². The molecule has 1 aromatic heterocycles. The van der Waals surface area contributed by atoms with Gasteiger partial charge in [0.25, 0.3) is 0 Å². The molecule has 1 aromatic carbocycles. The molecule has 1 aliphatic heterocycles. The van der Waals surface area contributed by atoms with Gasteiger partial charge in [0.2, 0.25) is 5.89 Å². The smallest absolute Gasteiger partial charge is 0.240 e. The lowest BCUT2D eigenvalue weighted by Gasteiger charge is -2.27. The van der Waals surface area contributed by atoms with E-state index in [0.29, 0.717) is 18.3 Å². The van der Waals surface area contributed by atoms with Crippen molar-refractivity contribution in [1.29, 1.82) is 0 Å². The maximum Gasteiger partial charge on any atom is 0.240 e. The van der Waals surface area contributed by atoms with E-state index in [2.05, 4.69) is 39.3 Å². The topological polar surface area (TPSA) is 68.2 Å². The Morgan fingerprint density at radius 3 is 2.67 bits per heavy atom. The molecular formula is C15H21ClN4O. The maximum absolute atomic E-state index is 5.97. The van der Waals surface area contributed by atoms with Crippen LogP contribution < -0.4 is 5.73 Å². The number of hydrogen-bond donors (Lipinski definition) is 1. The third kappa shape index (κ3) is 3.61. The lowest BCUT2D eigenvalue weighted by Crippen LogP contribution is -2.31. The van der Waals surface area contributed by atoms with E-state index in [1.54, 1.807) is 0 Å². The summed E-state index contributed by atoms with van der Waals surface area (Å²) in [6.45, 7) is 6.37. The quantitative estimate of drug-likeness (QED) is 0.942. The summed E-state index contributed by atoms with van der Waals surface area (Å²) < 4.78 is 5.30. The van der Waals surface area contributed by atoms with Crippen LogP contribution in [0.4, 0.5) is 0 Å². The summed E-state index contributed by atoms with van der Waals surface area (Å²) in [4.78, 5) is 6.71. The Labute approximate surface area is 130 Å². The van der Waals surface area contributed by atoms with Crippen LogP contribution in [0.15, 0.2) is 28.8 Å². The lowest BCUT2D eigenvalue weighted by atomic mass is 10.00. The zero-order valence-corrected chi connectivity index (χ0v) is 13.2. The van der Waals surface area contributed by atoms with Crippen LogP contribution in [0.2, 0.25) is 0 Å². The third-order valence-corrected chi connectivity index (χ3v) is 3.61. The van der Waals surface area contributed by atoms with Crippen LogP contribution in [0.25, 0.3) is 0 Å². The van der Waals surface area contributed by atoms with Gasteiger partial charge in [0.1, 0.15) is 0 Å². The van der Waals surface area contributed by atoms with Gasteiger partial charge >= 0.3 is 0 Å². The maximum atomic E-state index is 5.97. The van der Waals surface area contributed by atoms with Crippen molar-refractivity contribution < 1.29 is 4.52 Å². The number of nitrogens with two attached hydrogens (primary N) is 1. The van der Waals surface area contributed by atoms with E-state index in [9.17, 15) is 0 Å². The van der Waals surface area contributed by atoms with Crippen molar-refractivity contribution in [2.75, 3.05) is 6.54 Å². The van der Waals surface area contributed by atoms with Crippen LogP contribution >= 0.6 is 12.4 Å². The van der Waals surface area contributed by atoms with Crippen LogP contribution in [0.3, 0.4) is 0 Å². The molecular weight excluding hydrogens is 288 g/mol. The molecule has 0 spiro atoms. The van der Waals surface area contributed by atoms with Gasteiger partial charge in [0, 0.05) is 13.1 Å². The minimum Gasteiger partial charge on any atom is -0.338 e. The van der Waals surface area contributed by atoms with Crippen molar-refractivity contribution in [3.05, 3.63) is 47.1 Å². The van der Waals surface area contributed by atoms with Gasteiger partial charge in [-0.05, 0) is 31.4 Å². The zero-order chi connectivity index (χ0) is 14.2. The summed E-state index contributed by atoms with van der Waals surface area (Å²) in [5, 5.41) is 3.96. The monoisotopic (exact) mass is 308 g/mol. The summed E-state index contributed by atoms with van der Waals surface area (Å²) >= 11 is 0. The molecule has 5 nitrogen and oxygen atoms in total. The SMILES string of the molecule is CC(C)(N)c1noc(CN2CCc3ccccc3C2)n1.Cl. The Morgan fingerprint density at radius 2 is 2.00 bits per heavy atom. The highest BCUT2D eigenvalue weighted by atomic mass is 35.5. The minimum absolute atomic E-state index is 0. The summed E-state index contributed by atoms with van der Waals surface area (Å²) in [7, 11) is 0. The molecule has 0 atom stereocenters. The van der Waals surface area contributed by atoms with Crippen LogP contribution in [0.5, 0.6) is 0 Å². The summed E-state index contributed by atoms with van der Waals surface area (Å²) in [5.74, 6) is 1.20. The average molecular weight is 309 g/mol. The van der Waals surface area contributed by atoms with Gasteiger partial charge in [-0.1, -0.05) is 29.4 Å². The molecule has 2 heterocycles. The Kier molecular flexibility index (Phi) is 4.66. The fourth-order valence-electron chi connectivity index (χ4n) is 2.46. The Morgan fingerprint density at radius 1 is 1.29 bits per heavy atom. The van der Waals surface area contributed by atoms with Crippen molar-refractivity contribution in [2.45, 2.75) is 38.9 Å². The average Bonchev–Trinajstić information content (AvgIpc) is 2.87. The first-order valence-electron chi connectivity index (χ1n) is 6.93. The van der Waals surface area contributed by atoms with E-state index in [-0.39, 0.29) is 12.4 Å². The Hall–Kier alpha value is -1.43. The predicted molar refractivity (Wildman–Crippen MR) is 83.0 cm³/mol. The van der Waals surface area contributed by atoms with Crippen molar-refractivity contribution in [3.8, 4) is 0 Å². The number of fused-ring (bicyclic) bond motifs is 1. The standard InChI is InChI=1S/C15H20N4O.ClH/c1-15(2,16)14-17-13(20-18-14)10-19-8-7-11-5-3-4-6-12(11)9-19;/h3-6H,7-10,16H2,1-2H3;1H. The second-order valence-electron chi connectivity index (χ2n) is 5.96. The van der Waals surface area contributed by atoms with Crippen molar-refractivity contribution in [2.24, 2.45) is 5.73 Å². The highest BCUT2D eigenvalue weighted by Gasteiger charge is 2.23. The largest absolute Gasteiger partial charge is 0.338 e. The minimum atomic E-state index is -0.559. The number of nitrogens with zero attached hydrogens (tertiary/aromatic N) is 3. The van der Waals surface area contributed by atoms with Gasteiger partial charge in [0.15, 0.2) is 5.82 Å². The first kappa shape index (κ1) is 15.9. The van der Waals surface area contributed by atoms with E-state index < -0.39 is 5.54 Å². The van der Waals surface area contributed by atoms with Crippen molar-refractivity contribution in [3.63, 3.8) is 0 Å². The summed E-state index contributed by atoms with van der Waals surface area (Å²) in [6, 6.07) is 8.57. The van der Waals surface area contributed by atoms with Gasteiger partial charge in [-0.2, -0.15) is 4.98 Å². The third-order valence-electron chi connectivity index (χ3n) is 3.61. The summed E-state index contributed by atoms with van der Waals surface area (Å²) in [5.41, 5.74) is 8.24. The van der Waals surface area contributed by atoms with E-state index in [1.165, 1.54) is 11.1 Å². The fourth-order valence-corrected chi connectivity index (χ4v) is 2.46. The molecule has 0 radical (unpaired) electrons. The number of halogens is 1. The Bertz CT molecular complexity index is 606. The molecule has 0 bridgehead atoms. The molecule has 114 valence electrons. The summed E-state index contributed by atoms with van der Waals surface area (Å²) in [6.07, 6.45) is 1.07. The van der Waals surface area contributed by atoms with Crippen molar-refractivity contribution >= 4 is 12.4 Å². The molecule has 0 unspecified atom stereocenters. The number of rotatable bonds is 3. The van der Waals surface area contributed by atoms with Gasteiger partial charge in [-0.3, -0.25) is 4.90 Å². The molecule has 0 saturated heterocycles. The molecule has 21 heavy (non-hydrogen) atoms. The number of hydrogen-bond acceptors (Lipinski definition) is 5. The molecule has 2 aromatic rings. The van der Waals surface area contributed by atoms with E-state index in [4.69, 9.17) is 10.3 Å². The lowest BCUT2D eigenvalue weighted by molar-refractivity contribution is 0.210. The molecule has 0 fully saturated rings. The molecule has 2 N–H and O–H groups in total. The molecule has 3 rings (SSSR count). The highest BCUT2D eigenvalue weighted by Crippen LogP contribution is 2.20. The van der Waals surface area contributed by atoms with Crippen LogP contribution in [0, 0.1) is 0 Å². The van der Waals surface area contributed by atoms with Gasteiger partial charge < -0.3 is 10.3 Å². The molecule has 0 aliphatic carbocycles. The van der Waals surface area contributed by atoms with Gasteiger partial charge in [0.05, 0.1) is 12.1 Å². The van der Waals surface area contributed by atoms with Crippen LogP contribution in [-0.2, 0) is 25.0 Å².